The van der Waals surface area contributed by atoms with E-state index in [1.54, 1.807) is 0 Å². The van der Waals surface area contributed by atoms with E-state index in [9.17, 15) is 4.79 Å². The molecule has 0 spiro atoms. The molecule has 5 heteroatoms. The SMILES string of the molecule is CCc1nc2ccc(C(=O)N3CCC(N4c5ccccc5C[C@H]4C)CC3)cc2nc1CC. The molecule has 32 heavy (non-hydrogen) atoms. The number of nitrogens with zero attached hydrogens (tertiary/aromatic N) is 4. The molecule has 5 nitrogen and oxygen atoms in total. The largest absolute Gasteiger partial charge is 0.365 e. The summed E-state index contributed by atoms with van der Waals surface area (Å²) in [6.07, 6.45) is 4.87. The Kier molecular flexibility index (Phi) is 5.58. The van der Waals surface area contributed by atoms with E-state index in [0.29, 0.717) is 12.1 Å². The van der Waals surface area contributed by atoms with E-state index in [1.807, 2.05) is 23.1 Å². The first kappa shape index (κ1) is 20.9. The topological polar surface area (TPSA) is 49.3 Å². The molecule has 1 aromatic heterocycles. The number of piperidine rings is 1. The summed E-state index contributed by atoms with van der Waals surface area (Å²) in [5.41, 5.74) is 7.34. The predicted octanol–water partition coefficient (Wildman–Crippen LogP) is 4.81. The molecule has 1 amide bonds. The van der Waals surface area contributed by atoms with Crippen molar-refractivity contribution >= 4 is 22.6 Å². The number of aryl methyl sites for hydroxylation is 2. The van der Waals surface area contributed by atoms with Gasteiger partial charge in [-0.2, -0.15) is 0 Å². The van der Waals surface area contributed by atoms with E-state index < -0.39 is 0 Å². The number of fused-ring (bicyclic) bond motifs is 2. The lowest BCUT2D eigenvalue weighted by atomic mass is 10.0. The fourth-order valence-electron chi connectivity index (χ4n) is 5.50. The van der Waals surface area contributed by atoms with Gasteiger partial charge in [-0.3, -0.25) is 4.79 Å². The Balaban J connectivity index is 1.31. The number of benzene rings is 2. The molecule has 0 aliphatic carbocycles. The van der Waals surface area contributed by atoms with Crippen LogP contribution >= 0.6 is 0 Å². The molecule has 3 heterocycles. The fourth-order valence-corrected chi connectivity index (χ4v) is 5.50. The average Bonchev–Trinajstić information content (AvgIpc) is 3.18. The van der Waals surface area contributed by atoms with Crippen molar-refractivity contribution in [2.24, 2.45) is 0 Å². The number of likely N-dealkylation sites (tertiary alicyclic amines) is 1. The minimum Gasteiger partial charge on any atom is -0.365 e. The zero-order valence-corrected chi connectivity index (χ0v) is 19.3. The van der Waals surface area contributed by atoms with Crippen LogP contribution in [-0.2, 0) is 19.3 Å². The standard InChI is InChI=1S/C27H32N4O/c1-4-22-23(5-2)29-25-17-20(10-11-24(25)28-22)27(32)30-14-12-21(13-15-30)31-18(3)16-19-8-6-7-9-26(19)31/h6-11,17-18,21H,4-5,12-16H2,1-3H3/t18-/m1/s1. The summed E-state index contributed by atoms with van der Waals surface area (Å²) in [6.45, 7) is 8.13. The van der Waals surface area contributed by atoms with Gasteiger partial charge in [0.1, 0.15) is 0 Å². The monoisotopic (exact) mass is 428 g/mol. The first-order valence-electron chi connectivity index (χ1n) is 12.0. The highest BCUT2D eigenvalue weighted by atomic mass is 16.2. The van der Waals surface area contributed by atoms with E-state index >= 15 is 0 Å². The van der Waals surface area contributed by atoms with Gasteiger partial charge in [0.05, 0.1) is 22.4 Å². The van der Waals surface area contributed by atoms with Crippen LogP contribution in [0.1, 0.15) is 60.9 Å². The third kappa shape index (κ3) is 3.64. The maximum Gasteiger partial charge on any atom is 0.253 e. The van der Waals surface area contributed by atoms with Crippen LogP contribution < -0.4 is 4.90 Å². The molecular weight excluding hydrogens is 396 g/mol. The Morgan fingerprint density at radius 3 is 2.38 bits per heavy atom. The van der Waals surface area contributed by atoms with Crippen LogP contribution in [-0.4, -0.2) is 45.9 Å². The maximum atomic E-state index is 13.3. The molecule has 0 saturated carbocycles. The van der Waals surface area contributed by atoms with Crippen molar-refractivity contribution in [1.82, 2.24) is 14.9 Å². The van der Waals surface area contributed by atoms with Gasteiger partial charge in [0.15, 0.2) is 0 Å². The second kappa shape index (κ2) is 8.53. The average molecular weight is 429 g/mol. The summed E-state index contributed by atoms with van der Waals surface area (Å²) < 4.78 is 0. The number of carbonyl (C=O) groups is 1. The predicted molar refractivity (Wildman–Crippen MR) is 129 cm³/mol. The molecule has 0 radical (unpaired) electrons. The number of hydrogen-bond acceptors (Lipinski definition) is 4. The second-order valence-corrected chi connectivity index (χ2v) is 9.14. The lowest BCUT2D eigenvalue weighted by Gasteiger charge is -2.40. The second-order valence-electron chi connectivity index (χ2n) is 9.14. The zero-order chi connectivity index (χ0) is 22.2. The normalized spacial score (nSPS) is 18.9. The summed E-state index contributed by atoms with van der Waals surface area (Å²) in [6, 6.07) is 15.6. The van der Waals surface area contributed by atoms with Crippen LogP contribution in [0.2, 0.25) is 0 Å². The number of para-hydroxylation sites is 1. The van der Waals surface area contributed by atoms with E-state index in [4.69, 9.17) is 9.97 Å². The van der Waals surface area contributed by atoms with Gasteiger partial charge in [-0.05, 0) is 68.9 Å². The van der Waals surface area contributed by atoms with Crippen LogP contribution in [0.15, 0.2) is 42.5 Å². The van der Waals surface area contributed by atoms with Crippen LogP contribution in [0, 0.1) is 0 Å². The summed E-state index contributed by atoms with van der Waals surface area (Å²) in [4.78, 5) is 27.5. The van der Waals surface area contributed by atoms with Gasteiger partial charge in [-0.25, -0.2) is 9.97 Å². The van der Waals surface area contributed by atoms with Crippen molar-refractivity contribution in [3.63, 3.8) is 0 Å². The van der Waals surface area contributed by atoms with Gasteiger partial charge < -0.3 is 9.80 Å². The maximum absolute atomic E-state index is 13.3. The number of carbonyl (C=O) groups excluding carboxylic acids is 1. The third-order valence-electron chi connectivity index (χ3n) is 7.14. The van der Waals surface area contributed by atoms with E-state index in [1.165, 1.54) is 11.3 Å². The quantitative estimate of drug-likeness (QED) is 0.598. The van der Waals surface area contributed by atoms with Crippen LogP contribution in [0.3, 0.4) is 0 Å². The minimum atomic E-state index is 0.111. The highest BCUT2D eigenvalue weighted by molar-refractivity contribution is 5.97. The number of amides is 1. The van der Waals surface area contributed by atoms with Gasteiger partial charge in [-0.15, -0.1) is 0 Å². The first-order valence-corrected chi connectivity index (χ1v) is 12.0. The number of anilines is 1. The molecule has 1 atom stereocenters. The van der Waals surface area contributed by atoms with Crippen LogP contribution in [0.5, 0.6) is 0 Å². The smallest absolute Gasteiger partial charge is 0.253 e. The molecule has 1 fully saturated rings. The van der Waals surface area contributed by atoms with E-state index in [2.05, 4.69) is 49.9 Å². The van der Waals surface area contributed by atoms with Gasteiger partial charge >= 0.3 is 0 Å². The molecule has 2 aromatic carbocycles. The number of hydrogen-bond donors (Lipinski definition) is 0. The molecule has 2 aliphatic rings. The lowest BCUT2D eigenvalue weighted by Crippen LogP contribution is -2.48. The van der Waals surface area contributed by atoms with E-state index in [0.717, 1.165) is 73.2 Å². The van der Waals surface area contributed by atoms with E-state index in [-0.39, 0.29) is 5.91 Å². The molecule has 0 unspecified atom stereocenters. The molecule has 0 bridgehead atoms. The van der Waals surface area contributed by atoms with Crippen LogP contribution in [0.25, 0.3) is 11.0 Å². The molecule has 3 aromatic rings. The Labute approximate surface area is 190 Å². The molecular formula is C27H32N4O. The zero-order valence-electron chi connectivity index (χ0n) is 19.3. The highest BCUT2D eigenvalue weighted by Crippen LogP contribution is 2.36. The minimum absolute atomic E-state index is 0.111. The molecule has 1 saturated heterocycles. The summed E-state index contributed by atoms with van der Waals surface area (Å²) in [5.74, 6) is 0.111. The Bertz CT molecular complexity index is 1150. The van der Waals surface area contributed by atoms with Crippen molar-refractivity contribution in [1.29, 1.82) is 0 Å². The van der Waals surface area contributed by atoms with Crippen molar-refractivity contribution in [3.8, 4) is 0 Å². The molecule has 5 rings (SSSR count). The first-order chi connectivity index (χ1) is 15.6. The van der Waals surface area contributed by atoms with Gasteiger partial charge in [0, 0.05) is 36.4 Å². The van der Waals surface area contributed by atoms with Crippen molar-refractivity contribution in [2.45, 2.75) is 65.0 Å². The number of aromatic nitrogens is 2. The lowest BCUT2D eigenvalue weighted by molar-refractivity contribution is 0.0711. The summed E-state index contributed by atoms with van der Waals surface area (Å²) in [5, 5.41) is 0. The Morgan fingerprint density at radius 2 is 1.66 bits per heavy atom. The van der Waals surface area contributed by atoms with Gasteiger partial charge in [0.2, 0.25) is 0 Å². The van der Waals surface area contributed by atoms with Gasteiger partial charge in [0.25, 0.3) is 5.91 Å². The van der Waals surface area contributed by atoms with Gasteiger partial charge in [-0.1, -0.05) is 32.0 Å². The summed E-state index contributed by atoms with van der Waals surface area (Å²) >= 11 is 0. The van der Waals surface area contributed by atoms with Crippen molar-refractivity contribution in [3.05, 3.63) is 65.0 Å². The molecule has 166 valence electrons. The Hall–Kier alpha value is -2.95. The fraction of sp³-hybridized carbons (Fsp3) is 0.444. The van der Waals surface area contributed by atoms with Crippen LogP contribution in [0.4, 0.5) is 5.69 Å². The number of rotatable bonds is 4. The third-order valence-corrected chi connectivity index (χ3v) is 7.14. The Morgan fingerprint density at radius 1 is 0.969 bits per heavy atom. The molecule has 0 N–H and O–H groups in total. The highest BCUT2D eigenvalue weighted by Gasteiger charge is 2.34. The van der Waals surface area contributed by atoms with Crippen molar-refractivity contribution < 1.29 is 4.79 Å². The molecule has 2 aliphatic heterocycles. The summed E-state index contributed by atoms with van der Waals surface area (Å²) in [7, 11) is 0. The van der Waals surface area contributed by atoms with Crippen molar-refractivity contribution in [2.75, 3.05) is 18.0 Å².